The van der Waals surface area contributed by atoms with Gasteiger partial charge in [0, 0.05) is 28.6 Å². The minimum absolute atomic E-state index is 0. The summed E-state index contributed by atoms with van der Waals surface area (Å²) in [5.74, 6) is -1.88. The van der Waals surface area contributed by atoms with Crippen molar-refractivity contribution in [2.75, 3.05) is 11.5 Å². The second-order valence-corrected chi connectivity index (χ2v) is 3.50. The van der Waals surface area contributed by atoms with Crippen LogP contribution in [0.25, 0.3) is 0 Å². The van der Waals surface area contributed by atoms with E-state index in [1.165, 1.54) is 0 Å². The Morgan fingerprint density at radius 2 is 1.36 bits per heavy atom. The van der Waals surface area contributed by atoms with Gasteiger partial charge in [0.1, 0.15) is 12.1 Å². The fraction of sp³-hybridized carbons (Fsp3) is 0.667. The topological polar surface area (TPSA) is 127 Å². The predicted octanol–water partition coefficient (Wildman–Crippen LogP) is -1.84. The van der Waals surface area contributed by atoms with Gasteiger partial charge in [0.25, 0.3) is 0 Å². The molecule has 82 valence electrons. The van der Waals surface area contributed by atoms with E-state index in [9.17, 15) is 9.59 Å². The zero-order valence-corrected chi connectivity index (χ0v) is 9.78. The molecule has 2 radical (unpaired) electrons. The Labute approximate surface area is 95.9 Å². The van der Waals surface area contributed by atoms with Crippen molar-refractivity contribution in [1.82, 2.24) is 0 Å². The summed E-state index contributed by atoms with van der Waals surface area (Å²) in [6, 6.07) is -1.93. The van der Waals surface area contributed by atoms with Crippen LogP contribution in [0.4, 0.5) is 0 Å². The molecule has 14 heavy (non-hydrogen) atoms. The van der Waals surface area contributed by atoms with Gasteiger partial charge in [0.2, 0.25) is 0 Å². The van der Waals surface area contributed by atoms with Crippen LogP contribution in [-0.4, -0.2) is 62.8 Å². The third-order valence-electron chi connectivity index (χ3n) is 1.23. The monoisotopic (exact) mass is 288 g/mol. The van der Waals surface area contributed by atoms with Crippen LogP contribution in [-0.2, 0) is 9.59 Å². The second kappa shape index (κ2) is 8.07. The zero-order valence-electron chi connectivity index (χ0n) is 7.25. The van der Waals surface area contributed by atoms with Crippen LogP contribution >= 0.6 is 11.8 Å². The number of carboxylic acid groups (broad SMARTS) is 2. The van der Waals surface area contributed by atoms with Gasteiger partial charge in [-0.25, -0.2) is 0 Å². The molecule has 0 rings (SSSR count). The standard InChI is InChI=1S/C6H12N2O4S.Se/c7-3(5(9)10)1-13-2-4(8)6(11)12;/h3-4H,1-2,7-8H2,(H,9,10)(H,11,12);/t3-,4-;/m0./s1. The van der Waals surface area contributed by atoms with E-state index >= 15 is 0 Å². The Kier molecular flexibility index (Phi) is 9.32. The number of nitrogens with two attached hydrogens (primary N) is 2. The van der Waals surface area contributed by atoms with Gasteiger partial charge in [0.15, 0.2) is 0 Å². The number of carbonyl (C=O) groups is 2. The largest absolute Gasteiger partial charge is 0.480 e. The van der Waals surface area contributed by atoms with Crippen LogP contribution in [0.5, 0.6) is 0 Å². The van der Waals surface area contributed by atoms with Crippen molar-refractivity contribution < 1.29 is 19.8 Å². The number of hydrogen-bond donors (Lipinski definition) is 4. The SMILES string of the molecule is N[C@@H](CSC[C@H](N)C(=O)O)C(=O)O.[Se]. The summed E-state index contributed by atoms with van der Waals surface area (Å²) in [6.45, 7) is 0. The average Bonchev–Trinajstić information content (AvgIpc) is 2.03. The summed E-state index contributed by atoms with van der Waals surface area (Å²) in [6.07, 6.45) is 0. The first-order valence-corrected chi connectivity index (χ1v) is 4.65. The number of aliphatic carboxylic acids is 2. The number of hydrogen-bond acceptors (Lipinski definition) is 5. The van der Waals surface area contributed by atoms with E-state index in [0.29, 0.717) is 0 Å². The molecule has 8 heteroatoms. The van der Waals surface area contributed by atoms with Crippen molar-refractivity contribution in [2.45, 2.75) is 12.1 Å². The molecule has 0 aromatic heterocycles. The van der Waals surface area contributed by atoms with Gasteiger partial charge in [-0.15, -0.1) is 0 Å². The Balaban J connectivity index is 0. The molecule has 0 aliphatic carbocycles. The molecular formula is C6H12N2O4SSe. The van der Waals surface area contributed by atoms with Crippen molar-refractivity contribution in [3.05, 3.63) is 0 Å². The molecule has 0 saturated heterocycles. The molecule has 0 aliphatic heterocycles. The summed E-state index contributed by atoms with van der Waals surface area (Å²) in [7, 11) is 0. The molecule has 0 aliphatic rings. The molecule has 0 heterocycles. The molecule has 0 fully saturated rings. The minimum atomic E-state index is -1.10. The summed E-state index contributed by atoms with van der Waals surface area (Å²) in [5.41, 5.74) is 10.3. The Bertz CT molecular complexity index is 184. The van der Waals surface area contributed by atoms with E-state index in [4.69, 9.17) is 21.7 Å². The second-order valence-electron chi connectivity index (χ2n) is 2.43. The first kappa shape index (κ1) is 16.2. The van der Waals surface area contributed by atoms with Crippen LogP contribution in [0.1, 0.15) is 0 Å². The first-order chi connectivity index (χ1) is 5.95. The molecule has 6 N–H and O–H groups in total. The van der Waals surface area contributed by atoms with Crippen LogP contribution in [0, 0.1) is 0 Å². The number of carboxylic acids is 2. The van der Waals surface area contributed by atoms with Gasteiger partial charge in [-0.2, -0.15) is 11.8 Å². The van der Waals surface area contributed by atoms with Gasteiger partial charge >= 0.3 is 11.9 Å². The maximum absolute atomic E-state index is 10.2. The van der Waals surface area contributed by atoms with Gasteiger partial charge in [-0.05, 0) is 0 Å². The van der Waals surface area contributed by atoms with E-state index in [1.54, 1.807) is 0 Å². The third-order valence-corrected chi connectivity index (χ3v) is 2.42. The molecular weight excluding hydrogens is 275 g/mol. The average molecular weight is 287 g/mol. The molecule has 0 bridgehead atoms. The number of rotatable bonds is 6. The summed E-state index contributed by atoms with van der Waals surface area (Å²) < 4.78 is 0. The minimum Gasteiger partial charge on any atom is -0.480 e. The van der Waals surface area contributed by atoms with Crippen molar-refractivity contribution in [2.24, 2.45) is 11.5 Å². The van der Waals surface area contributed by atoms with Crippen LogP contribution in [0.2, 0.25) is 0 Å². The van der Waals surface area contributed by atoms with Crippen LogP contribution in [0.3, 0.4) is 0 Å². The first-order valence-electron chi connectivity index (χ1n) is 3.49. The van der Waals surface area contributed by atoms with E-state index in [1.807, 2.05) is 0 Å². The van der Waals surface area contributed by atoms with Crippen molar-refractivity contribution in [3.63, 3.8) is 0 Å². The van der Waals surface area contributed by atoms with Gasteiger partial charge in [0.05, 0.1) is 0 Å². The summed E-state index contributed by atoms with van der Waals surface area (Å²) in [5, 5.41) is 16.7. The van der Waals surface area contributed by atoms with E-state index < -0.39 is 24.0 Å². The molecule has 0 spiro atoms. The van der Waals surface area contributed by atoms with E-state index in [0.717, 1.165) is 11.8 Å². The molecule has 0 saturated carbocycles. The Hall–Kier alpha value is -0.271. The molecule has 6 nitrogen and oxygen atoms in total. The van der Waals surface area contributed by atoms with E-state index in [-0.39, 0.29) is 28.6 Å². The molecule has 0 unspecified atom stereocenters. The van der Waals surface area contributed by atoms with Gasteiger partial charge in [-0.3, -0.25) is 9.59 Å². The quantitative estimate of drug-likeness (QED) is 0.423. The fourth-order valence-corrected chi connectivity index (χ4v) is 1.39. The van der Waals surface area contributed by atoms with Gasteiger partial charge in [-0.1, -0.05) is 0 Å². The molecule has 0 amide bonds. The van der Waals surface area contributed by atoms with Crippen molar-refractivity contribution >= 4 is 40.8 Å². The normalized spacial score (nSPS) is 13.9. The molecule has 0 aromatic carbocycles. The van der Waals surface area contributed by atoms with Crippen LogP contribution < -0.4 is 11.5 Å². The molecule has 2 atom stereocenters. The maximum atomic E-state index is 10.2. The predicted molar refractivity (Wildman–Crippen MR) is 54.3 cm³/mol. The smallest absolute Gasteiger partial charge is 0.321 e. The summed E-state index contributed by atoms with van der Waals surface area (Å²) in [4.78, 5) is 20.4. The third kappa shape index (κ3) is 7.16. The van der Waals surface area contributed by atoms with Crippen LogP contribution in [0.15, 0.2) is 0 Å². The maximum Gasteiger partial charge on any atom is 0.321 e. The van der Waals surface area contributed by atoms with E-state index in [2.05, 4.69) is 0 Å². The zero-order chi connectivity index (χ0) is 10.4. The number of thioether (sulfide) groups is 1. The summed E-state index contributed by atoms with van der Waals surface area (Å²) >= 11 is 1.11. The van der Waals surface area contributed by atoms with Crippen molar-refractivity contribution in [1.29, 1.82) is 0 Å². The fourth-order valence-electron chi connectivity index (χ4n) is 0.465. The molecule has 0 aromatic rings. The Morgan fingerprint density at radius 3 is 1.57 bits per heavy atom. The van der Waals surface area contributed by atoms with Gasteiger partial charge < -0.3 is 21.7 Å². The Morgan fingerprint density at radius 1 is 1.07 bits per heavy atom. The van der Waals surface area contributed by atoms with Crippen molar-refractivity contribution in [3.8, 4) is 0 Å².